The largest absolute Gasteiger partial charge is 0.451 e. The molecular formula is C22H21N3O2. The number of carbonyl (C=O) groups excluding carboxylic acids is 1. The fourth-order valence-corrected chi connectivity index (χ4v) is 3.18. The number of aromatic nitrogens is 2. The minimum atomic E-state index is -0.260. The van der Waals surface area contributed by atoms with Gasteiger partial charge in [-0.3, -0.25) is 9.48 Å². The van der Waals surface area contributed by atoms with Crippen LogP contribution in [0.2, 0.25) is 0 Å². The van der Waals surface area contributed by atoms with Crippen LogP contribution in [0, 0.1) is 13.8 Å². The molecular weight excluding hydrogens is 338 g/mol. The molecule has 5 nitrogen and oxygen atoms in total. The Balaban J connectivity index is 1.46. The molecule has 4 aromatic rings. The molecule has 2 heterocycles. The zero-order valence-corrected chi connectivity index (χ0v) is 15.4. The van der Waals surface area contributed by atoms with E-state index in [-0.39, 0.29) is 5.91 Å². The van der Waals surface area contributed by atoms with Crippen molar-refractivity contribution < 1.29 is 9.21 Å². The number of nitrogens with zero attached hydrogens (tertiary/aromatic N) is 2. The van der Waals surface area contributed by atoms with Crippen LogP contribution in [0.5, 0.6) is 0 Å². The Morgan fingerprint density at radius 2 is 1.96 bits per heavy atom. The Labute approximate surface area is 157 Å². The van der Waals surface area contributed by atoms with Gasteiger partial charge in [0, 0.05) is 23.7 Å². The summed E-state index contributed by atoms with van der Waals surface area (Å²) in [5.74, 6) is 0.0802. The summed E-state index contributed by atoms with van der Waals surface area (Å²) in [6.45, 7) is 4.66. The number of hydrogen-bond donors (Lipinski definition) is 1. The first kappa shape index (κ1) is 17.1. The number of hydrogen-bond acceptors (Lipinski definition) is 3. The molecule has 1 N–H and O–H groups in total. The van der Waals surface area contributed by atoms with Gasteiger partial charge in [0.05, 0.1) is 11.9 Å². The zero-order chi connectivity index (χ0) is 18.8. The lowest BCUT2D eigenvalue weighted by atomic mass is 10.1. The lowest BCUT2D eigenvalue weighted by Gasteiger charge is -2.02. The predicted octanol–water partition coefficient (Wildman–Crippen LogP) is 4.74. The van der Waals surface area contributed by atoms with Gasteiger partial charge in [-0.15, -0.1) is 0 Å². The van der Waals surface area contributed by atoms with Crippen molar-refractivity contribution in [1.82, 2.24) is 9.78 Å². The molecule has 5 heteroatoms. The molecule has 0 atom stereocenters. The van der Waals surface area contributed by atoms with Crippen LogP contribution in [-0.4, -0.2) is 15.7 Å². The van der Waals surface area contributed by atoms with Crippen molar-refractivity contribution in [3.63, 3.8) is 0 Å². The summed E-state index contributed by atoms with van der Waals surface area (Å²) in [4.78, 5) is 12.6. The lowest BCUT2D eigenvalue weighted by molar-refractivity contribution is 0.0998. The third-order valence-corrected chi connectivity index (χ3v) is 4.66. The van der Waals surface area contributed by atoms with Gasteiger partial charge in [-0.25, -0.2) is 0 Å². The number of rotatable bonds is 5. The number of nitrogens with one attached hydrogen (secondary N) is 1. The second-order valence-electron chi connectivity index (χ2n) is 6.74. The molecule has 0 fully saturated rings. The van der Waals surface area contributed by atoms with E-state index in [0.717, 1.165) is 35.1 Å². The van der Waals surface area contributed by atoms with E-state index in [1.807, 2.05) is 61.1 Å². The molecule has 0 saturated carbocycles. The van der Waals surface area contributed by atoms with Gasteiger partial charge in [0.1, 0.15) is 5.58 Å². The van der Waals surface area contributed by atoms with Gasteiger partial charge in [-0.2, -0.15) is 5.10 Å². The Morgan fingerprint density at radius 3 is 2.78 bits per heavy atom. The van der Waals surface area contributed by atoms with Crippen LogP contribution in [-0.2, 0) is 13.0 Å². The first-order chi connectivity index (χ1) is 13.1. The van der Waals surface area contributed by atoms with E-state index in [1.54, 1.807) is 6.20 Å². The van der Waals surface area contributed by atoms with Crippen LogP contribution in [0.1, 0.15) is 27.2 Å². The third-order valence-electron chi connectivity index (χ3n) is 4.66. The molecule has 1 amide bonds. The maximum absolute atomic E-state index is 12.6. The molecule has 0 bridgehead atoms. The van der Waals surface area contributed by atoms with E-state index >= 15 is 0 Å². The van der Waals surface area contributed by atoms with E-state index < -0.39 is 0 Å². The third kappa shape index (κ3) is 3.62. The molecule has 27 heavy (non-hydrogen) atoms. The first-order valence-electron chi connectivity index (χ1n) is 8.97. The molecule has 0 aliphatic heterocycles. The molecule has 0 radical (unpaired) electrons. The van der Waals surface area contributed by atoms with Crippen molar-refractivity contribution in [2.75, 3.05) is 5.32 Å². The summed E-state index contributed by atoms with van der Waals surface area (Å²) in [5.41, 5.74) is 4.59. The maximum Gasteiger partial charge on any atom is 0.291 e. The zero-order valence-electron chi connectivity index (χ0n) is 15.4. The van der Waals surface area contributed by atoms with Crippen LogP contribution in [0.25, 0.3) is 11.0 Å². The molecule has 4 rings (SSSR count). The van der Waals surface area contributed by atoms with E-state index in [2.05, 4.69) is 22.5 Å². The summed E-state index contributed by atoms with van der Waals surface area (Å²) < 4.78 is 7.62. The molecule has 0 aliphatic rings. The molecule has 0 spiro atoms. The van der Waals surface area contributed by atoms with Crippen LogP contribution in [0.15, 0.2) is 65.3 Å². The van der Waals surface area contributed by atoms with Crippen molar-refractivity contribution in [3.8, 4) is 0 Å². The highest BCUT2D eigenvalue weighted by Crippen LogP contribution is 2.26. The van der Waals surface area contributed by atoms with Gasteiger partial charge in [-0.1, -0.05) is 42.5 Å². The van der Waals surface area contributed by atoms with Crippen molar-refractivity contribution in [3.05, 3.63) is 83.4 Å². The van der Waals surface area contributed by atoms with E-state index in [1.165, 1.54) is 5.56 Å². The standard InChI is InChI=1S/C22H21N3O2/c1-15-8-9-19-16(2)21(27-20(19)12-15)22(26)24-18-13-23-25(14-18)11-10-17-6-4-3-5-7-17/h3-9,12-14H,10-11H2,1-2H3,(H,24,26). The van der Waals surface area contributed by atoms with E-state index in [9.17, 15) is 4.79 Å². The van der Waals surface area contributed by atoms with E-state index in [4.69, 9.17) is 4.42 Å². The number of anilines is 1. The van der Waals surface area contributed by atoms with Gasteiger partial charge < -0.3 is 9.73 Å². The van der Waals surface area contributed by atoms with E-state index in [0.29, 0.717) is 11.4 Å². The van der Waals surface area contributed by atoms with Crippen molar-refractivity contribution >= 4 is 22.6 Å². The van der Waals surface area contributed by atoms with Gasteiger partial charge in [0.15, 0.2) is 5.76 Å². The number of fused-ring (bicyclic) bond motifs is 1. The molecule has 0 unspecified atom stereocenters. The Kier molecular flexibility index (Phi) is 4.50. The van der Waals surface area contributed by atoms with Crippen molar-refractivity contribution in [2.24, 2.45) is 0 Å². The molecule has 2 aromatic heterocycles. The maximum atomic E-state index is 12.6. The average molecular weight is 359 g/mol. The Hall–Kier alpha value is -3.34. The van der Waals surface area contributed by atoms with Crippen LogP contribution >= 0.6 is 0 Å². The Morgan fingerprint density at radius 1 is 1.15 bits per heavy atom. The number of carbonyl (C=O) groups is 1. The highest BCUT2D eigenvalue weighted by molar-refractivity contribution is 6.06. The second kappa shape index (κ2) is 7.11. The van der Waals surface area contributed by atoms with Crippen LogP contribution < -0.4 is 5.32 Å². The number of amides is 1. The fraction of sp³-hybridized carbons (Fsp3) is 0.182. The molecule has 0 aliphatic carbocycles. The highest BCUT2D eigenvalue weighted by Gasteiger charge is 2.18. The molecule has 136 valence electrons. The predicted molar refractivity (Wildman–Crippen MR) is 106 cm³/mol. The number of benzene rings is 2. The topological polar surface area (TPSA) is 60.1 Å². The fourth-order valence-electron chi connectivity index (χ4n) is 3.18. The average Bonchev–Trinajstić information content (AvgIpc) is 3.25. The smallest absolute Gasteiger partial charge is 0.291 e. The number of aryl methyl sites for hydroxylation is 4. The summed E-state index contributed by atoms with van der Waals surface area (Å²) in [6, 6.07) is 16.2. The van der Waals surface area contributed by atoms with Gasteiger partial charge >= 0.3 is 0 Å². The van der Waals surface area contributed by atoms with Crippen molar-refractivity contribution in [2.45, 2.75) is 26.8 Å². The second-order valence-corrected chi connectivity index (χ2v) is 6.74. The highest BCUT2D eigenvalue weighted by atomic mass is 16.3. The van der Waals surface area contributed by atoms with Gasteiger partial charge in [0.25, 0.3) is 5.91 Å². The normalized spacial score (nSPS) is 11.0. The van der Waals surface area contributed by atoms with Crippen molar-refractivity contribution in [1.29, 1.82) is 0 Å². The lowest BCUT2D eigenvalue weighted by Crippen LogP contribution is -2.11. The summed E-state index contributed by atoms with van der Waals surface area (Å²) in [6.07, 6.45) is 4.38. The summed E-state index contributed by atoms with van der Waals surface area (Å²) >= 11 is 0. The first-order valence-corrected chi connectivity index (χ1v) is 8.97. The van der Waals surface area contributed by atoms with Crippen LogP contribution in [0.4, 0.5) is 5.69 Å². The summed E-state index contributed by atoms with van der Waals surface area (Å²) in [7, 11) is 0. The monoisotopic (exact) mass is 359 g/mol. The molecule has 0 saturated heterocycles. The quantitative estimate of drug-likeness (QED) is 0.560. The molecule has 2 aromatic carbocycles. The van der Waals surface area contributed by atoms with Gasteiger partial charge in [-0.05, 0) is 37.5 Å². The minimum Gasteiger partial charge on any atom is -0.451 e. The SMILES string of the molecule is Cc1ccc2c(C)c(C(=O)Nc3cnn(CCc4ccccc4)c3)oc2c1. The van der Waals surface area contributed by atoms with Gasteiger partial charge in [0.2, 0.25) is 0 Å². The summed E-state index contributed by atoms with van der Waals surface area (Å²) in [5, 5.41) is 8.17. The minimum absolute atomic E-state index is 0.260. The number of furan rings is 1. The Bertz CT molecular complexity index is 1090. The van der Waals surface area contributed by atoms with Crippen LogP contribution in [0.3, 0.4) is 0 Å².